The molecule has 1 saturated carbocycles. The molecule has 2 heterocycles. The van der Waals surface area contributed by atoms with Gasteiger partial charge in [-0.15, -0.1) is 0 Å². The van der Waals surface area contributed by atoms with Crippen molar-refractivity contribution < 1.29 is 19.0 Å². The molecule has 3 rings (SSSR count). The summed E-state index contributed by atoms with van der Waals surface area (Å²) in [4.78, 5) is 17.1. The van der Waals surface area contributed by atoms with Gasteiger partial charge in [0, 0.05) is 24.7 Å². The highest BCUT2D eigenvalue weighted by atomic mass is 19.1. The van der Waals surface area contributed by atoms with Crippen molar-refractivity contribution in [2.24, 2.45) is 5.41 Å². The van der Waals surface area contributed by atoms with Gasteiger partial charge in [-0.05, 0) is 18.9 Å². The van der Waals surface area contributed by atoms with Crippen LogP contribution in [0.15, 0.2) is 12.3 Å². The zero-order chi connectivity index (χ0) is 13.6. The van der Waals surface area contributed by atoms with Gasteiger partial charge in [-0.1, -0.05) is 0 Å². The van der Waals surface area contributed by atoms with Gasteiger partial charge in [0.05, 0.1) is 18.8 Å². The predicted molar refractivity (Wildman–Crippen MR) is 65.4 cm³/mol. The molecule has 0 bridgehead atoms. The highest BCUT2D eigenvalue weighted by Crippen LogP contribution is 2.49. The minimum atomic E-state index is -0.597. The second-order valence-corrected chi connectivity index (χ2v) is 5.44. The summed E-state index contributed by atoms with van der Waals surface area (Å²) in [6, 6.07) is 1.15. The number of esters is 1. The van der Waals surface area contributed by atoms with E-state index in [1.165, 1.54) is 13.3 Å². The molecule has 2 fully saturated rings. The molecule has 1 aliphatic carbocycles. The van der Waals surface area contributed by atoms with Gasteiger partial charge in [0.2, 0.25) is 0 Å². The summed E-state index contributed by atoms with van der Waals surface area (Å²) in [5.41, 5.74) is 0.257. The number of pyridine rings is 1. The fraction of sp³-hybridized carbons (Fsp3) is 0.538. The Morgan fingerprint density at radius 3 is 2.79 bits per heavy atom. The number of aromatic nitrogens is 1. The van der Waals surface area contributed by atoms with Crippen molar-refractivity contribution in [3.63, 3.8) is 0 Å². The SMILES string of the molecule is COC(=O)c1cnc(N2CC3(CC(O)C3)C2)c(F)c1. The molecule has 5 nitrogen and oxygen atoms in total. The normalized spacial score (nSPS) is 20.9. The number of anilines is 1. The lowest BCUT2D eigenvalue weighted by atomic mass is 9.62. The molecule has 0 unspecified atom stereocenters. The Morgan fingerprint density at radius 2 is 2.26 bits per heavy atom. The number of carbonyl (C=O) groups excluding carboxylic acids is 1. The van der Waals surface area contributed by atoms with Crippen LogP contribution in [0.2, 0.25) is 0 Å². The summed E-state index contributed by atoms with van der Waals surface area (Å²) < 4.78 is 18.4. The van der Waals surface area contributed by atoms with Crippen LogP contribution >= 0.6 is 0 Å². The Labute approximate surface area is 110 Å². The lowest BCUT2D eigenvalue weighted by molar-refractivity contribution is -0.0496. The monoisotopic (exact) mass is 266 g/mol. The molecular weight excluding hydrogens is 251 g/mol. The number of rotatable bonds is 2. The number of hydrogen-bond donors (Lipinski definition) is 1. The van der Waals surface area contributed by atoms with Gasteiger partial charge in [-0.3, -0.25) is 0 Å². The third-order valence-corrected chi connectivity index (χ3v) is 3.93. The molecule has 0 radical (unpaired) electrons. The Hall–Kier alpha value is -1.69. The van der Waals surface area contributed by atoms with Crippen LogP contribution in [0.4, 0.5) is 10.2 Å². The summed E-state index contributed by atoms with van der Waals surface area (Å²) in [6.07, 6.45) is 2.68. The average Bonchev–Trinajstić information content (AvgIpc) is 2.31. The maximum atomic E-state index is 13.9. The van der Waals surface area contributed by atoms with Gasteiger partial charge in [0.15, 0.2) is 11.6 Å². The molecule has 0 atom stereocenters. The zero-order valence-corrected chi connectivity index (χ0v) is 10.6. The minimum absolute atomic E-state index is 0.109. The molecule has 1 N–H and O–H groups in total. The fourth-order valence-corrected chi connectivity index (χ4v) is 3.00. The lowest BCUT2D eigenvalue weighted by Crippen LogP contribution is -2.64. The maximum absolute atomic E-state index is 13.9. The number of aliphatic hydroxyl groups excluding tert-OH is 1. The molecule has 19 heavy (non-hydrogen) atoms. The summed E-state index contributed by atoms with van der Waals surface area (Å²) in [6.45, 7) is 1.43. The Kier molecular flexibility index (Phi) is 2.70. The maximum Gasteiger partial charge on any atom is 0.339 e. The second kappa shape index (κ2) is 4.16. The molecule has 102 valence electrons. The van der Waals surface area contributed by atoms with Crippen LogP contribution in [0.3, 0.4) is 0 Å². The van der Waals surface area contributed by atoms with Crippen molar-refractivity contribution in [1.82, 2.24) is 4.98 Å². The quantitative estimate of drug-likeness (QED) is 0.808. The summed E-state index contributed by atoms with van der Waals surface area (Å²) in [5.74, 6) is -0.850. The Bertz CT molecular complexity index is 521. The van der Waals surface area contributed by atoms with E-state index in [1.807, 2.05) is 4.90 Å². The highest BCUT2D eigenvalue weighted by molar-refractivity contribution is 5.89. The van der Waals surface area contributed by atoms with Gasteiger partial charge in [0.1, 0.15) is 0 Å². The van der Waals surface area contributed by atoms with Crippen LogP contribution in [0, 0.1) is 11.2 Å². The molecule has 2 aliphatic rings. The summed E-state index contributed by atoms with van der Waals surface area (Å²) in [5, 5.41) is 9.32. The Balaban J connectivity index is 1.71. The summed E-state index contributed by atoms with van der Waals surface area (Å²) >= 11 is 0. The molecule has 1 spiro atoms. The largest absolute Gasteiger partial charge is 0.465 e. The number of aliphatic hydroxyl groups is 1. The van der Waals surface area contributed by atoms with Crippen molar-refractivity contribution in [2.75, 3.05) is 25.1 Å². The molecule has 1 saturated heterocycles. The number of ether oxygens (including phenoxy) is 1. The zero-order valence-electron chi connectivity index (χ0n) is 10.6. The molecule has 1 aliphatic heterocycles. The molecule has 0 aromatic carbocycles. The minimum Gasteiger partial charge on any atom is -0.465 e. The molecule has 0 amide bonds. The average molecular weight is 266 g/mol. The van der Waals surface area contributed by atoms with Gasteiger partial charge < -0.3 is 14.7 Å². The molecular formula is C13H15FN2O3. The highest BCUT2D eigenvalue weighted by Gasteiger charge is 2.52. The number of halogens is 1. The molecule has 1 aromatic rings. The topological polar surface area (TPSA) is 62.7 Å². The van der Waals surface area contributed by atoms with Crippen molar-refractivity contribution in [3.05, 3.63) is 23.6 Å². The van der Waals surface area contributed by atoms with E-state index in [1.54, 1.807) is 0 Å². The van der Waals surface area contributed by atoms with Crippen molar-refractivity contribution in [1.29, 1.82) is 0 Å². The van der Waals surface area contributed by atoms with Crippen molar-refractivity contribution in [3.8, 4) is 0 Å². The van der Waals surface area contributed by atoms with Crippen LogP contribution in [0.25, 0.3) is 0 Å². The van der Waals surface area contributed by atoms with E-state index < -0.39 is 11.8 Å². The standard InChI is InChI=1S/C13H15FN2O3/c1-19-12(18)8-2-10(14)11(15-5-8)16-6-13(7-16)3-9(17)4-13/h2,5,9,17H,3-4,6-7H2,1H3. The molecule has 1 aromatic heterocycles. The first kappa shape index (κ1) is 12.3. The van der Waals surface area contributed by atoms with E-state index in [4.69, 9.17) is 0 Å². The number of nitrogens with zero attached hydrogens (tertiary/aromatic N) is 2. The van der Waals surface area contributed by atoms with Crippen LogP contribution in [-0.4, -0.2) is 42.4 Å². The number of carbonyl (C=O) groups is 1. The first-order chi connectivity index (χ1) is 9.03. The van der Waals surface area contributed by atoms with Crippen molar-refractivity contribution in [2.45, 2.75) is 18.9 Å². The van der Waals surface area contributed by atoms with Crippen LogP contribution in [0.1, 0.15) is 23.2 Å². The van der Waals surface area contributed by atoms with Gasteiger partial charge in [0.25, 0.3) is 0 Å². The van der Waals surface area contributed by atoms with Crippen LogP contribution in [-0.2, 0) is 4.74 Å². The van der Waals surface area contributed by atoms with Gasteiger partial charge in [-0.25, -0.2) is 14.2 Å². The first-order valence-electron chi connectivity index (χ1n) is 6.20. The van der Waals surface area contributed by atoms with E-state index in [0.29, 0.717) is 13.1 Å². The van der Waals surface area contributed by atoms with Crippen molar-refractivity contribution >= 4 is 11.8 Å². The number of hydrogen-bond acceptors (Lipinski definition) is 5. The van der Waals surface area contributed by atoms with Crippen LogP contribution < -0.4 is 4.90 Å². The first-order valence-corrected chi connectivity index (χ1v) is 6.20. The van der Waals surface area contributed by atoms with E-state index in [2.05, 4.69) is 9.72 Å². The molecule has 6 heteroatoms. The van der Waals surface area contributed by atoms with Gasteiger partial charge >= 0.3 is 5.97 Å². The second-order valence-electron chi connectivity index (χ2n) is 5.44. The fourth-order valence-electron chi connectivity index (χ4n) is 3.00. The van der Waals surface area contributed by atoms with E-state index >= 15 is 0 Å². The predicted octanol–water partition coefficient (Wildman–Crippen LogP) is 0.968. The van der Waals surface area contributed by atoms with E-state index in [0.717, 1.165) is 18.9 Å². The van der Waals surface area contributed by atoms with Crippen LogP contribution in [0.5, 0.6) is 0 Å². The van der Waals surface area contributed by atoms with Gasteiger partial charge in [-0.2, -0.15) is 0 Å². The summed E-state index contributed by atoms with van der Waals surface area (Å²) in [7, 11) is 1.25. The number of methoxy groups -OCH3 is 1. The third-order valence-electron chi connectivity index (χ3n) is 3.93. The Morgan fingerprint density at radius 1 is 1.58 bits per heavy atom. The van der Waals surface area contributed by atoms with E-state index in [9.17, 15) is 14.3 Å². The lowest BCUT2D eigenvalue weighted by Gasteiger charge is -2.58. The third kappa shape index (κ3) is 1.96. The van der Waals surface area contributed by atoms with E-state index in [-0.39, 0.29) is 22.9 Å². The smallest absolute Gasteiger partial charge is 0.339 e.